The number of phenols is 1. The number of carbonyl (C=O) groups excluding carboxylic acids is 1. The molecule has 0 saturated carbocycles. The Morgan fingerprint density at radius 1 is 1.54 bits per heavy atom. The minimum atomic E-state index is -0.323. The number of esters is 1. The maximum Gasteiger partial charge on any atom is 0.303 e. The summed E-state index contributed by atoms with van der Waals surface area (Å²) in [6.45, 7) is 3.12. The second-order valence-corrected chi connectivity index (χ2v) is 2.85. The summed E-state index contributed by atoms with van der Waals surface area (Å²) in [5.74, 6) is -0.146. The SMILES string of the molecule is CC(=O)O[C@H](C)c1cccc(O)c1. The van der Waals surface area contributed by atoms with E-state index >= 15 is 0 Å². The van der Waals surface area contributed by atoms with E-state index in [0.717, 1.165) is 5.56 Å². The molecule has 0 radical (unpaired) electrons. The first kappa shape index (κ1) is 9.58. The lowest BCUT2D eigenvalue weighted by Gasteiger charge is -2.11. The Balaban J connectivity index is 2.76. The van der Waals surface area contributed by atoms with Crippen LogP contribution in [0.2, 0.25) is 0 Å². The number of phenolic OH excluding ortho intramolecular Hbond substituents is 1. The Morgan fingerprint density at radius 3 is 2.77 bits per heavy atom. The second kappa shape index (κ2) is 3.94. The van der Waals surface area contributed by atoms with Gasteiger partial charge in [0.05, 0.1) is 0 Å². The average molecular weight is 180 g/mol. The molecule has 0 heterocycles. The number of hydrogen-bond donors (Lipinski definition) is 1. The highest BCUT2D eigenvalue weighted by Crippen LogP contribution is 2.20. The van der Waals surface area contributed by atoms with Gasteiger partial charge < -0.3 is 9.84 Å². The van der Waals surface area contributed by atoms with Gasteiger partial charge in [0.15, 0.2) is 0 Å². The van der Waals surface area contributed by atoms with E-state index in [-0.39, 0.29) is 17.8 Å². The van der Waals surface area contributed by atoms with Crippen molar-refractivity contribution in [2.24, 2.45) is 0 Å². The minimum Gasteiger partial charge on any atom is -0.508 e. The molecule has 3 nitrogen and oxygen atoms in total. The number of rotatable bonds is 2. The van der Waals surface area contributed by atoms with Crippen LogP contribution in [0.25, 0.3) is 0 Å². The third kappa shape index (κ3) is 2.78. The van der Waals surface area contributed by atoms with Crippen LogP contribution in [0.4, 0.5) is 0 Å². The van der Waals surface area contributed by atoms with Crippen molar-refractivity contribution in [3.63, 3.8) is 0 Å². The van der Waals surface area contributed by atoms with Gasteiger partial charge in [0.2, 0.25) is 0 Å². The lowest BCUT2D eigenvalue weighted by molar-refractivity contribution is -0.145. The molecule has 1 aromatic carbocycles. The van der Waals surface area contributed by atoms with Crippen LogP contribution in [-0.4, -0.2) is 11.1 Å². The first-order valence-electron chi connectivity index (χ1n) is 4.05. The largest absolute Gasteiger partial charge is 0.508 e. The van der Waals surface area contributed by atoms with Crippen LogP contribution in [0.3, 0.4) is 0 Å². The highest BCUT2D eigenvalue weighted by atomic mass is 16.5. The van der Waals surface area contributed by atoms with E-state index in [2.05, 4.69) is 0 Å². The molecule has 1 N–H and O–H groups in total. The van der Waals surface area contributed by atoms with E-state index in [0.29, 0.717) is 0 Å². The molecule has 0 amide bonds. The van der Waals surface area contributed by atoms with Crippen molar-refractivity contribution in [2.45, 2.75) is 20.0 Å². The van der Waals surface area contributed by atoms with Gasteiger partial charge in [-0.15, -0.1) is 0 Å². The van der Waals surface area contributed by atoms with Gasteiger partial charge in [-0.05, 0) is 24.6 Å². The molecule has 3 heteroatoms. The van der Waals surface area contributed by atoms with Crippen molar-refractivity contribution in [3.05, 3.63) is 29.8 Å². The molecular weight excluding hydrogens is 168 g/mol. The molecular formula is C10H12O3. The Morgan fingerprint density at radius 2 is 2.23 bits per heavy atom. The zero-order valence-corrected chi connectivity index (χ0v) is 7.65. The van der Waals surface area contributed by atoms with E-state index in [1.54, 1.807) is 31.2 Å². The highest BCUT2D eigenvalue weighted by Gasteiger charge is 2.08. The van der Waals surface area contributed by atoms with E-state index < -0.39 is 0 Å². The maximum atomic E-state index is 10.6. The summed E-state index contributed by atoms with van der Waals surface area (Å²) in [5.41, 5.74) is 0.787. The fourth-order valence-electron chi connectivity index (χ4n) is 1.09. The maximum absolute atomic E-state index is 10.6. The van der Waals surface area contributed by atoms with E-state index in [4.69, 9.17) is 9.84 Å². The van der Waals surface area contributed by atoms with Gasteiger partial charge >= 0.3 is 5.97 Å². The van der Waals surface area contributed by atoms with Crippen LogP contribution in [0.15, 0.2) is 24.3 Å². The first-order valence-corrected chi connectivity index (χ1v) is 4.05. The van der Waals surface area contributed by atoms with Gasteiger partial charge in [-0.1, -0.05) is 12.1 Å². The number of benzene rings is 1. The molecule has 0 aliphatic rings. The molecule has 0 aromatic heterocycles. The number of ether oxygens (including phenoxy) is 1. The van der Waals surface area contributed by atoms with Gasteiger partial charge in [-0.25, -0.2) is 0 Å². The number of hydrogen-bond acceptors (Lipinski definition) is 3. The Labute approximate surface area is 77.0 Å². The van der Waals surface area contributed by atoms with Crippen molar-refractivity contribution in [3.8, 4) is 5.75 Å². The zero-order chi connectivity index (χ0) is 9.84. The van der Waals surface area contributed by atoms with Crippen molar-refractivity contribution in [1.82, 2.24) is 0 Å². The molecule has 0 unspecified atom stereocenters. The van der Waals surface area contributed by atoms with Crippen LogP contribution in [0, 0.1) is 0 Å². The third-order valence-electron chi connectivity index (χ3n) is 1.68. The molecule has 70 valence electrons. The van der Waals surface area contributed by atoms with Gasteiger partial charge in [0.25, 0.3) is 0 Å². The van der Waals surface area contributed by atoms with Crippen LogP contribution in [0.1, 0.15) is 25.5 Å². The van der Waals surface area contributed by atoms with Gasteiger partial charge in [-0.2, -0.15) is 0 Å². The molecule has 0 fully saturated rings. The summed E-state index contributed by atoms with van der Waals surface area (Å²) < 4.78 is 4.94. The fourth-order valence-corrected chi connectivity index (χ4v) is 1.09. The standard InChI is InChI=1S/C10H12O3/c1-7(13-8(2)11)9-4-3-5-10(12)6-9/h3-7,12H,1-2H3/t7-/m1/s1. The minimum absolute atomic E-state index is 0.177. The predicted molar refractivity (Wildman–Crippen MR) is 48.3 cm³/mol. The quantitative estimate of drug-likeness (QED) is 0.708. The van der Waals surface area contributed by atoms with E-state index in [1.165, 1.54) is 6.92 Å². The lowest BCUT2D eigenvalue weighted by atomic mass is 10.1. The highest BCUT2D eigenvalue weighted by molar-refractivity contribution is 5.66. The first-order chi connectivity index (χ1) is 6.09. The summed E-state index contributed by atoms with van der Waals surface area (Å²) >= 11 is 0. The molecule has 0 spiro atoms. The van der Waals surface area contributed by atoms with Gasteiger partial charge in [0.1, 0.15) is 11.9 Å². The summed E-state index contributed by atoms with van der Waals surface area (Å²) in [6.07, 6.45) is -0.315. The summed E-state index contributed by atoms with van der Waals surface area (Å²) in [4.78, 5) is 10.6. The molecule has 1 atom stereocenters. The van der Waals surface area contributed by atoms with Crippen molar-refractivity contribution < 1.29 is 14.6 Å². The Bertz CT molecular complexity index is 307. The smallest absolute Gasteiger partial charge is 0.303 e. The van der Waals surface area contributed by atoms with Crippen molar-refractivity contribution in [2.75, 3.05) is 0 Å². The fraction of sp³-hybridized carbons (Fsp3) is 0.300. The molecule has 13 heavy (non-hydrogen) atoms. The van der Waals surface area contributed by atoms with Crippen LogP contribution < -0.4 is 0 Å². The summed E-state index contributed by atoms with van der Waals surface area (Å²) in [6, 6.07) is 6.66. The molecule has 0 bridgehead atoms. The van der Waals surface area contributed by atoms with Crippen LogP contribution in [0.5, 0.6) is 5.75 Å². The lowest BCUT2D eigenvalue weighted by Crippen LogP contribution is -2.04. The average Bonchev–Trinajstić information content (AvgIpc) is 2.03. The van der Waals surface area contributed by atoms with Crippen molar-refractivity contribution >= 4 is 5.97 Å². The topological polar surface area (TPSA) is 46.5 Å². The molecule has 0 aliphatic carbocycles. The van der Waals surface area contributed by atoms with E-state index in [1.807, 2.05) is 0 Å². The van der Waals surface area contributed by atoms with Crippen molar-refractivity contribution in [1.29, 1.82) is 0 Å². The zero-order valence-electron chi connectivity index (χ0n) is 7.65. The monoisotopic (exact) mass is 180 g/mol. The Hall–Kier alpha value is -1.51. The normalized spacial score (nSPS) is 12.2. The Kier molecular flexibility index (Phi) is 2.90. The van der Waals surface area contributed by atoms with Gasteiger partial charge in [-0.3, -0.25) is 4.79 Å². The van der Waals surface area contributed by atoms with E-state index in [9.17, 15) is 4.79 Å². The van der Waals surface area contributed by atoms with Gasteiger partial charge in [0, 0.05) is 6.92 Å². The van der Waals surface area contributed by atoms with Crippen LogP contribution in [-0.2, 0) is 9.53 Å². The molecule has 1 aromatic rings. The summed E-state index contributed by atoms with van der Waals surface area (Å²) in [5, 5.41) is 9.16. The predicted octanol–water partition coefficient (Wildman–Crippen LogP) is 2.02. The molecule has 0 aliphatic heterocycles. The molecule has 1 rings (SSSR count). The number of aromatic hydroxyl groups is 1. The number of carbonyl (C=O) groups is 1. The third-order valence-corrected chi connectivity index (χ3v) is 1.68. The summed E-state index contributed by atoms with van der Waals surface area (Å²) in [7, 11) is 0. The van der Waals surface area contributed by atoms with Crippen LogP contribution >= 0.6 is 0 Å². The second-order valence-electron chi connectivity index (χ2n) is 2.85. The molecule has 0 saturated heterocycles.